The number of fused-ring (bicyclic) bond motifs is 2. The van der Waals surface area contributed by atoms with Crippen LogP contribution >= 0.6 is 0 Å². The van der Waals surface area contributed by atoms with Gasteiger partial charge in [-0.05, 0) is 72.6 Å². The molecule has 0 aliphatic heterocycles. The second-order valence-corrected chi connectivity index (χ2v) is 9.63. The van der Waals surface area contributed by atoms with Crippen molar-refractivity contribution in [2.75, 3.05) is 13.2 Å². The minimum absolute atomic E-state index is 0.00356. The van der Waals surface area contributed by atoms with E-state index in [-0.39, 0.29) is 13.2 Å². The van der Waals surface area contributed by atoms with Gasteiger partial charge in [0.15, 0.2) is 5.65 Å². The number of hydroxylamine groups is 1. The number of nitrogens with zero attached hydrogens (tertiary/aromatic N) is 5. The first kappa shape index (κ1) is 26.7. The number of pyridine rings is 2. The van der Waals surface area contributed by atoms with E-state index in [1.54, 1.807) is 41.2 Å². The molecule has 0 saturated heterocycles. The molecule has 0 fully saturated rings. The van der Waals surface area contributed by atoms with Gasteiger partial charge in [0.25, 0.3) is 5.91 Å². The van der Waals surface area contributed by atoms with E-state index in [0.29, 0.717) is 28.8 Å². The van der Waals surface area contributed by atoms with Gasteiger partial charge in [0.05, 0.1) is 23.3 Å². The molecule has 1 N–H and O–H groups in total. The Morgan fingerprint density at radius 1 is 0.881 bits per heavy atom. The summed E-state index contributed by atoms with van der Waals surface area (Å²) in [5, 5.41) is 9.66. The second kappa shape index (κ2) is 11.9. The molecule has 3 aromatic heterocycles. The lowest BCUT2D eigenvalue weighted by atomic mass is 10.0. The molecule has 0 atom stereocenters. The van der Waals surface area contributed by atoms with E-state index in [0.717, 1.165) is 33.3 Å². The molecule has 0 aliphatic carbocycles. The van der Waals surface area contributed by atoms with Crippen molar-refractivity contribution in [3.05, 3.63) is 119 Å². The summed E-state index contributed by atoms with van der Waals surface area (Å²) in [6, 6.07) is 28.0. The molecule has 208 valence electrons. The van der Waals surface area contributed by atoms with Crippen LogP contribution in [-0.4, -0.2) is 50.1 Å². The zero-order valence-electron chi connectivity index (χ0n) is 22.7. The Balaban J connectivity index is 1.10. The molecule has 1 amide bonds. The largest absolute Gasteiger partial charge is 0.460 e. The molecule has 0 unspecified atom stereocenters. The van der Waals surface area contributed by atoms with Gasteiger partial charge >= 0.3 is 5.97 Å². The number of aromatic nitrogens is 5. The maximum Gasteiger partial charge on any atom is 0.338 e. The van der Waals surface area contributed by atoms with Crippen LogP contribution in [-0.2, 0) is 16.1 Å². The SMILES string of the molecule is Cc1cc(-c2ccc3nnn(Cc4ccc5ncccc5c4)c3n2)ccc1C(=O)NOCCOC(=O)c1ccccc1. The van der Waals surface area contributed by atoms with Crippen LogP contribution < -0.4 is 5.48 Å². The zero-order chi connectivity index (χ0) is 28.9. The van der Waals surface area contributed by atoms with Gasteiger partial charge in [-0.15, -0.1) is 5.10 Å². The molecule has 0 bridgehead atoms. The molecule has 0 aliphatic rings. The molecule has 6 aromatic rings. The first-order valence-corrected chi connectivity index (χ1v) is 13.3. The summed E-state index contributed by atoms with van der Waals surface area (Å²) in [4.78, 5) is 39.1. The van der Waals surface area contributed by atoms with E-state index in [4.69, 9.17) is 14.6 Å². The topological polar surface area (TPSA) is 121 Å². The predicted molar refractivity (Wildman–Crippen MR) is 156 cm³/mol. The number of benzene rings is 3. The fraction of sp³-hybridized carbons (Fsp3) is 0.125. The number of rotatable bonds is 9. The highest BCUT2D eigenvalue weighted by atomic mass is 16.7. The lowest BCUT2D eigenvalue weighted by Gasteiger charge is -2.10. The maximum atomic E-state index is 12.7. The van der Waals surface area contributed by atoms with Gasteiger partial charge in [0.1, 0.15) is 18.7 Å². The second-order valence-electron chi connectivity index (χ2n) is 9.63. The smallest absolute Gasteiger partial charge is 0.338 e. The van der Waals surface area contributed by atoms with E-state index in [1.807, 2.05) is 61.5 Å². The van der Waals surface area contributed by atoms with Crippen LogP contribution in [0.3, 0.4) is 0 Å². The number of ether oxygens (including phenoxy) is 1. The average Bonchev–Trinajstić information content (AvgIpc) is 3.42. The van der Waals surface area contributed by atoms with Crippen molar-refractivity contribution < 1.29 is 19.2 Å². The highest BCUT2D eigenvalue weighted by Gasteiger charge is 2.14. The van der Waals surface area contributed by atoms with E-state index >= 15 is 0 Å². The number of carbonyl (C=O) groups excluding carboxylic acids is 2. The maximum absolute atomic E-state index is 12.7. The van der Waals surface area contributed by atoms with Gasteiger partial charge < -0.3 is 4.74 Å². The van der Waals surface area contributed by atoms with Crippen LogP contribution in [0.5, 0.6) is 0 Å². The summed E-state index contributed by atoms with van der Waals surface area (Å²) >= 11 is 0. The minimum atomic E-state index is -0.450. The number of amides is 1. The number of hydrogen-bond donors (Lipinski definition) is 1. The Bertz CT molecular complexity index is 1900. The fourth-order valence-corrected chi connectivity index (χ4v) is 4.60. The lowest BCUT2D eigenvalue weighted by Crippen LogP contribution is -2.26. The molecule has 3 aromatic carbocycles. The van der Waals surface area contributed by atoms with Crippen LogP contribution in [0.2, 0.25) is 0 Å². The normalized spacial score (nSPS) is 11.1. The molecular formula is C32H26N6O4. The van der Waals surface area contributed by atoms with Crippen molar-refractivity contribution in [1.29, 1.82) is 0 Å². The molecule has 0 radical (unpaired) electrons. The Kier molecular flexibility index (Phi) is 7.60. The molecule has 10 heteroatoms. The Morgan fingerprint density at radius 2 is 1.74 bits per heavy atom. The van der Waals surface area contributed by atoms with Gasteiger partial charge in [-0.3, -0.25) is 14.6 Å². The third-order valence-electron chi connectivity index (χ3n) is 6.72. The fourth-order valence-electron chi connectivity index (χ4n) is 4.60. The molecule has 10 nitrogen and oxygen atoms in total. The Hall–Kier alpha value is -5.48. The van der Waals surface area contributed by atoms with Crippen molar-refractivity contribution in [2.24, 2.45) is 0 Å². The van der Waals surface area contributed by atoms with E-state index < -0.39 is 11.9 Å². The highest BCUT2D eigenvalue weighted by molar-refractivity contribution is 5.95. The monoisotopic (exact) mass is 558 g/mol. The van der Waals surface area contributed by atoms with Crippen LogP contribution in [0.25, 0.3) is 33.3 Å². The quantitative estimate of drug-likeness (QED) is 0.151. The lowest BCUT2D eigenvalue weighted by molar-refractivity contribution is 0.00309. The van der Waals surface area contributed by atoms with Gasteiger partial charge in [0.2, 0.25) is 0 Å². The van der Waals surface area contributed by atoms with Crippen molar-refractivity contribution in [2.45, 2.75) is 13.5 Å². The molecule has 3 heterocycles. The molecule has 0 saturated carbocycles. The molecule has 42 heavy (non-hydrogen) atoms. The molecular weight excluding hydrogens is 532 g/mol. The third-order valence-corrected chi connectivity index (χ3v) is 6.72. The Labute approximate surface area is 240 Å². The summed E-state index contributed by atoms with van der Waals surface area (Å²) in [5.74, 6) is -0.849. The van der Waals surface area contributed by atoms with Crippen molar-refractivity contribution in [1.82, 2.24) is 30.4 Å². The van der Waals surface area contributed by atoms with Crippen molar-refractivity contribution in [3.63, 3.8) is 0 Å². The van der Waals surface area contributed by atoms with Crippen molar-refractivity contribution >= 4 is 33.9 Å². The zero-order valence-corrected chi connectivity index (χ0v) is 22.7. The first-order valence-electron chi connectivity index (χ1n) is 13.3. The minimum Gasteiger partial charge on any atom is -0.460 e. The number of nitrogens with one attached hydrogen (secondary N) is 1. The van der Waals surface area contributed by atoms with Crippen LogP contribution in [0.15, 0.2) is 97.2 Å². The highest BCUT2D eigenvalue weighted by Crippen LogP contribution is 2.24. The third kappa shape index (κ3) is 5.84. The van der Waals surface area contributed by atoms with Crippen LogP contribution in [0.4, 0.5) is 0 Å². The summed E-state index contributed by atoms with van der Waals surface area (Å²) in [5.41, 5.74) is 9.02. The summed E-state index contributed by atoms with van der Waals surface area (Å²) in [6.07, 6.45) is 1.78. The van der Waals surface area contributed by atoms with Gasteiger partial charge in [-0.25, -0.2) is 19.9 Å². The number of aryl methyl sites for hydroxylation is 1. The van der Waals surface area contributed by atoms with E-state index in [9.17, 15) is 9.59 Å². The number of carbonyl (C=O) groups is 2. The van der Waals surface area contributed by atoms with Gasteiger partial charge in [0, 0.05) is 22.7 Å². The van der Waals surface area contributed by atoms with Gasteiger partial charge in [-0.1, -0.05) is 41.6 Å². The van der Waals surface area contributed by atoms with Gasteiger partial charge in [-0.2, -0.15) is 0 Å². The molecule has 0 spiro atoms. The first-order chi connectivity index (χ1) is 20.5. The summed E-state index contributed by atoms with van der Waals surface area (Å²) in [6.45, 7) is 2.38. The van der Waals surface area contributed by atoms with E-state index in [1.165, 1.54) is 0 Å². The average molecular weight is 559 g/mol. The number of hydrogen-bond acceptors (Lipinski definition) is 8. The van der Waals surface area contributed by atoms with Crippen molar-refractivity contribution in [3.8, 4) is 11.3 Å². The summed E-state index contributed by atoms with van der Waals surface area (Å²) in [7, 11) is 0. The van der Waals surface area contributed by atoms with E-state index in [2.05, 4.69) is 26.8 Å². The predicted octanol–water partition coefficient (Wildman–Crippen LogP) is 4.92. The number of esters is 1. The standard InChI is InChI=1S/C32H26N6O4/c1-21-18-25(10-11-26(21)31(39)36-42-17-16-41-32(40)23-6-3-2-4-7-23)28-13-14-29-30(34-28)38(37-35-29)20-22-9-12-27-24(19-22)8-5-15-33-27/h2-15,18-19H,16-17,20H2,1H3,(H,36,39). The Morgan fingerprint density at radius 3 is 2.60 bits per heavy atom. The van der Waals surface area contributed by atoms with Crippen LogP contribution in [0.1, 0.15) is 31.8 Å². The van der Waals surface area contributed by atoms with Crippen LogP contribution in [0, 0.1) is 6.92 Å². The summed E-state index contributed by atoms with van der Waals surface area (Å²) < 4.78 is 6.93. The molecule has 6 rings (SSSR count).